The lowest BCUT2D eigenvalue weighted by Gasteiger charge is -2.28. The van der Waals surface area contributed by atoms with Gasteiger partial charge < -0.3 is 9.47 Å². The van der Waals surface area contributed by atoms with Crippen molar-refractivity contribution >= 4 is 50.3 Å². The molecule has 0 spiro atoms. The van der Waals surface area contributed by atoms with Crippen LogP contribution in [0.2, 0.25) is 5.02 Å². The van der Waals surface area contributed by atoms with Crippen molar-refractivity contribution in [3.63, 3.8) is 0 Å². The lowest BCUT2D eigenvalue weighted by atomic mass is 10.2. The van der Waals surface area contributed by atoms with Gasteiger partial charge in [0.15, 0.2) is 5.13 Å². The van der Waals surface area contributed by atoms with Crippen molar-refractivity contribution in [3.8, 4) is 5.75 Å². The van der Waals surface area contributed by atoms with Crippen LogP contribution in [-0.2, 0) is 9.53 Å². The van der Waals surface area contributed by atoms with E-state index in [0.29, 0.717) is 23.3 Å². The summed E-state index contributed by atoms with van der Waals surface area (Å²) in [7, 11) is 0. The maximum Gasteiger partial charge on any atom is 0.252 e. The van der Waals surface area contributed by atoms with Crippen molar-refractivity contribution in [2.75, 3.05) is 50.9 Å². The normalized spacial score (nSPS) is 14.8. The van der Waals surface area contributed by atoms with E-state index in [1.165, 1.54) is 11.3 Å². The lowest BCUT2D eigenvalue weighted by molar-refractivity contribution is -0.114. The van der Waals surface area contributed by atoms with Crippen molar-refractivity contribution in [2.45, 2.75) is 6.92 Å². The van der Waals surface area contributed by atoms with Crippen LogP contribution in [0.1, 0.15) is 12.5 Å². The third kappa shape index (κ3) is 5.66. The van der Waals surface area contributed by atoms with Crippen molar-refractivity contribution in [1.82, 2.24) is 9.88 Å². The molecule has 32 heavy (non-hydrogen) atoms. The topological polar surface area (TPSA) is 54.9 Å². The molecule has 1 saturated heterocycles. The van der Waals surface area contributed by atoms with Gasteiger partial charge in [0.05, 0.1) is 30.0 Å². The van der Waals surface area contributed by atoms with Gasteiger partial charge in [-0.2, -0.15) is 0 Å². The van der Waals surface area contributed by atoms with Crippen LogP contribution in [-0.4, -0.2) is 61.8 Å². The molecule has 8 heteroatoms. The maximum atomic E-state index is 13.2. The number of halogens is 1. The first kappa shape index (κ1) is 22.7. The summed E-state index contributed by atoms with van der Waals surface area (Å²) in [6.45, 7) is 7.06. The zero-order valence-electron chi connectivity index (χ0n) is 18.0. The Morgan fingerprint density at radius 1 is 1.28 bits per heavy atom. The second kappa shape index (κ2) is 10.9. The first-order valence-corrected chi connectivity index (χ1v) is 11.9. The minimum atomic E-state index is -0.123. The Kier molecular flexibility index (Phi) is 7.76. The Morgan fingerprint density at radius 2 is 2.09 bits per heavy atom. The number of ether oxygens (including phenoxy) is 2. The summed E-state index contributed by atoms with van der Waals surface area (Å²) in [4.78, 5) is 22.0. The molecular weight excluding hydrogens is 446 g/mol. The molecule has 2 aromatic carbocycles. The molecule has 168 valence electrons. The van der Waals surface area contributed by atoms with Crippen LogP contribution in [0.3, 0.4) is 0 Å². The number of aromatic nitrogens is 1. The number of hydrogen-bond acceptors (Lipinski definition) is 6. The lowest BCUT2D eigenvalue weighted by Crippen LogP contribution is -2.42. The standard InChI is InChI=1S/C24H26ClN3O3S/c1-2-31-19-8-9-21-22(17-19)32-24(26-21)28(12-11-27-13-15-30-16-14-27)23(29)10-7-18-5-3-4-6-20(18)25/h3-10,17H,2,11-16H2,1H3/b10-7+. The molecule has 1 amide bonds. The van der Waals surface area contributed by atoms with Crippen LogP contribution in [0, 0.1) is 0 Å². The van der Waals surface area contributed by atoms with E-state index in [9.17, 15) is 4.79 Å². The quantitative estimate of drug-likeness (QED) is 0.445. The number of amides is 1. The van der Waals surface area contributed by atoms with Crippen molar-refractivity contribution in [1.29, 1.82) is 0 Å². The molecule has 2 heterocycles. The minimum Gasteiger partial charge on any atom is -0.494 e. The molecule has 0 radical (unpaired) electrons. The van der Waals surface area contributed by atoms with Crippen LogP contribution in [0.15, 0.2) is 48.5 Å². The average molecular weight is 472 g/mol. The first-order valence-electron chi connectivity index (χ1n) is 10.7. The van der Waals surface area contributed by atoms with Gasteiger partial charge in [-0.1, -0.05) is 41.1 Å². The number of rotatable bonds is 8. The van der Waals surface area contributed by atoms with Gasteiger partial charge in [-0.15, -0.1) is 0 Å². The number of hydrogen-bond donors (Lipinski definition) is 0. The number of anilines is 1. The van der Waals surface area contributed by atoms with E-state index in [0.717, 1.165) is 54.4 Å². The Hall–Kier alpha value is -2.45. The fraction of sp³-hybridized carbons (Fsp3) is 0.333. The zero-order chi connectivity index (χ0) is 22.3. The summed E-state index contributed by atoms with van der Waals surface area (Å²) in [5.74, 6) is 0.683. The van der Waals surface area contributed by atoms with Gasteiger partial charge >= 0.3 is 0 Å². The number of fused-ring (bicyclic) bond motifs is 1. The molecular formula is C24H26ClN3O3S. The van der Waals surface area contributed by atoms with E-state index in [-0.39, 0.29) is 5.91 Å². The van der Waals surface area contributed by atoms with Crippen LogP contribution in [0.5, 0.6) is 5.75 Å². The van der Waals surface area contributed by atoms with Crippen LogP contribution in [0.25, 0.3) is 16.3 Å². The van der Waals surface area contributed by atoms with E-state index >= 15 is 0 Å². The van der Waals surface area contributed by atoms with Gasteiger partial charge in [0.2, 0.25) is 0 Å². The van der Waals surface area contributed by atoms with Crippen molar-refractivity contribution in [2.24, 2.45) is 0 Å². The summed E-state index contributed by atoms with van der Waals surface area (Å²) < 4.78 is 12.0. The fourth-order valence-corrected chi connectivity index (χ4v) is 4.72. The van der Waals surface area contributed by atoms with E-state index in [4.69, 9.17) is 26.1 Å². The molecule has 0 N–H and O–H groups in total. The second-order valence-electron chi connectivity index (χ2n) is 7.36. The van der Waals surface area contributed by atoms with Gasteiger partial charge in [-0.25, -0.2) is 4.98 Å². The average Bonchev–Trinajstić information content (AvgIpc) is 3.22. The molecule has 1 aliphatic heterocycles. The summed E-state index contributed by atoms with van der Waals surface area (Å²) in [5, 5.41) is 1.29. The Bertz CT molecular complexity index is 1100. The second-order valence-corrected chi connectivity index (χ2v) is 8.77. The van der Waals surface area contributed by atoms with E-state index in [1.54, 1.807) is 17.1 Å². The van der Waals surface area contributed by atoms with Crippen LogP contribution in [0.4, 0.5) is 5.13 Å². The molecule has 3 aromatic rings. The smallest absolute Gasteiger partial charge is 0.252 e. The van der Waals surface area contributed by atoms with Gasteiger partial charge in [0.1, 0.15) is 5.75 Å². The number of carbonyl (C=O) groups is 1. The zero-order valence-corrected chi connectivity index (χ0v) is 19.6. The fourth-order valence-electron chi connectivity index (χ4n) is 3.49. The van der Waals surface area contributed by atoms with E-state index in [1.807, 2.05) is 49.4 Å². The highest BCUT2D eigenvalue weighted by molar-refractivity contribution is 7.22. The maximum absolute atomic E-state index is 13.2. The highest BCUT2D eigenvalue weighted by Gasteiger charge is 2.20. The minimum absolute atomic E-state index is 0.123. The number of carbonyl (C=O) groups excluding carboxylic acids is 1. The molecule has 4 rings (SSSR count). The largest absolute Gasteiger partial charge is 0.494 e. The number of nitrogens with zero attached hydrogens (tertiary/aromatic N) is 3. The first-order chi connectivity index (χ1) is 15.6. The van der Waals surface area contributed by atoms with Gasteiger partial charge in [-0.05, 0) is 42.8 Å². The molecule has 0 bridgehead atoms. The summed E-state index contributed by atoms with van der Waals surface area (Å²) in [5.41, 5.74) is 1.66. The third-order valence-corrected chi connectivity index (χ3v) is 6.60. The Labute approximate surface area is 197 Å². The number of morpholine rings is 1. The molecule has 1 aromatic heterocycles. The Morgan fingerprint density at radius 3 is 2.88 bits per heavy atom. The SMILES string of the molecule is CCOc1ccc2nc(N(CCN3CCOCC3)C(=O)/C=C/c3ccccc3Cl)sc2c1. The van der Waals surface area contributed by atoms with Crippen molar-refractivity contribution in [3.05, 3.63) is 59.1 Å². The van der Waals surface area contributed by atoms with Gasteiger partial charge in [0.25, 0.3) is 5.91 Å². The summed E-state index contributed by atoms with van der Waals surface area (Å²) in [6, 6.07) is 13.3. The third-order valence-electron chi connectivity index (χ3n) is 5.21. The van der Waals surface area contributed by atoms with Gasteiger partial charge in [-0.3, -0.25) is 14.6 Å². The van der Waals surface area contributed by atoms with E-state index < -0.39 is 0 Å². The van der Waals surface area contributed by atoms with E-state index in [2.05, 4.69) is 4.90 Å². The van der Waals surface area contributed by atoms with Gasteiger partial charge in [0, 0.05) is 37.3 Å². The summed E-state index contributed by atoms with van der Waals surface area (Å²) in [6.07, 6.45) is 3.32. The van der Waals surface area contributed by atoms with Crippen LogP contribution >= 0.6 is 22.9 Å². The molecule has 0 atom stereocenters. The molecule has 1 fully saturated rings. The Balaban J connectivity index is 1.58. The summed E-state index contributed by atoms with van der Waals surface area (Å²) >= 11 is 7.74. The molecule has 1 aliphatic rings. The van der Waals surface area contributed by atoms with Crippen LogP contribution < -0.4 is 9.64 Å². The highest BCUT2D eigenvalue weighted by Crippen LogP contribution is 2.32. The predicted octanol–water partition coefficient (Wildman–Crippen LogP) is 4.73. The number of benzene rings is 2. The molecule has 0 unspecified atom stereocenters. The van der Waals surface area contributed by atoms with Crippen molar-refractivity contribution < 1.29 is 14.3 Å². The number of thiazole rings is 1. The molecule has 0 aliphatic carbocycles. The molecule has 6 nitrogen and oxygen atoms in total. The molecule has 0 saturated carbocycles. The highest BCUT2D eigenvalue weighted by atomic mass is 35.5. The predicted molar refractivity (Wildman–Crippen MR) is 131 cm³/mol. The monoisotopic (exact) mass is 471 g/mol.